The van der Waals surface area contributed by atoms with Gasteiger partial charge in [-0.05, 0) is 36.5 Å². The molecule has 92 valence electrons. The van der Waals surface area contributed by atoms with Crippen molar-refractivity contribution in [3.05, 3.63) is 35.4 Å². The predicted molar refractivity (Wildman–Crippen MR) is 78.5 cm³/mol. The zero-order valence-corrected chi connectivity index (χ0v) is 12.3. The van der Waals surface area contributed by atoms with Gasteiger partial charge in [-0.3, -0.25) is 4.79 Å². The molecule has 1 aliphatic heterocycles. The van der Waals surface area contributed by atoms with Crippen molar-refractivity contribution < 1.29 is 4.79 Å². The standard InChI is InChI=1S/C14H18INO/c1-11-5-7-16(8-6-11)14(17)13-4-2-3-12(9-13)10-15/h2-4,9,11H,5-8,10H2,1H3. The van der Waals surface area contributed by atoms with Gasteiger partial charge in [-0.15, -0.1) is 0 Å². The van der Waals surface area contributed by atoms with Gasteiger partial charge in [0.15, 0.2) is 0 Å². The number of likely N-dealkylation sites (tertiary alicyclic amines) is 1. The summed E-state index contributed by atoms with van der Waals surface area (Å²) in [6, 6.07) is 8.00. The fourth-order valence-electron chi connectivity index (χ4n) is 2.18. The summed E-state index contributed by atoms with van der Waals surface area (Å²) in [7, 11) is 0. The van der Waals surface area contributed by atoms with Crippen LogP contribution in [0.4, 0.5) is 0 Å². The maximum absolute atomic E-state index is 12.3. The quantitative estimate of drug-likeness (QED) is 0.595. The van der Waals surface area contributed by atoms with Crippen LogP contribution in [0.5, 0.6) is 0 Å². The van der Waals surface area contributed by atoms with E-state index >= 15 is 0 Å². The lowest BCUT2D eigenvalue weighted by atomic mass is 9.98. The van der Waals surface area contributed by atoms with Crippen LogP contribution in [0.25, 0.3) is 0 Å². The normalized spacial score (nSPS) is 17.2. The molecule has 1 amide bonds. The van der Waals surface area contributed by atoms with Crippen LogP contribution in [-0.4, -0.2) is 23.9 Å². The van der Waals surface area contributed by atoms with Crippen molar-refractivity contribution in [3.8, 4) is 0 Å². The van der Waals surface area contributed by atoms with E-state index in [9.17, 15) is 4.79 Å². The highest BCUT2D eigenvalue weighted by Gasteiger charge is 2.21. The SMILES string of the molecule is CC1CCN(C(=O)c2cccc(CI)c2)CC1. The molecule has 0 aromatic heterocycles. The molecule has 1 aromatic carbocycles. The lowest BCUT2D eigenvalue weighted by molar-refractivity contribution is 0.0697. The van der Waals surface area contributed by atoms with Gasteiger partial charge in [0.05, 0.1) is 0 Å². The third-order valence-corrected chi connectivity index (χ3v) is 4.28. The Morgan fingerprint density at radius 2 is 2.12 bits per heavy atom. The van der Waals surface area contributed by atoms with Gasteiger partial charge in [0.1, 0.15) is 0 Å². The number of hydrogen-bond acceptors (Lipinski definition) is 1. The molecular formula is C14H18INO. The van der Waals surface area contributed by atoms with E-state index < -0.39 is 0 Å². The second-order valence-corrected chi connectivity index (χ2v) is 5.57. The van der Waals surface area contributed by atoms with Crippen molar-refractivity contribution in [2.75, 3.05) is 13.1 Å². The molecule has 17 heavy (non-hydrogen) atoms. The van der Waals surface area contributed by atoms with Crippen LogP contribution in [-0.2, 0) is 4.43 Å². The van der Waals surface area contributed by atoms with Crippen molar-refractivity contribution in [3.63, 3.8) is 0 Å². The maximum atomic E-state index is 12.3. The first-order valence-electron chi connectivity index (χ1n) is 6.15. The van der Waals surface area contributed by atoms with Gasteiger partial charge < -0.3 is 4.90 Å². The van der Waals surface area contributed by atoms with E-state index in [1.165, 1.54) is 5.56 Å². The van der Waals surface area contributed by atoms with Gasteiger partial charge in [-0.25, -0.2) is 0 Å². The average molecular weight is 343 g/mol. The number of alkyl halides is 1. The highest BCUT2D eigenvalue weighted by molar-refractivity contribution is 14.1. The molecule has 0 aliphatic carbocycles. The summed E-state index contributed by atoms with van der Waals surface area (Å²) >= 11 is 2.33. The highest BCUT2D eigenvalue weighted by atomic mass is 127. The summed E-state index contributed by atoms with van der Waals surface area (Å²) < 4.78 is 0.954. The molecule has 1 aromatic rings. The molecule has 1 fully saturated rings. The number of benzene rings is 1. The molecular weight excluding hydrogens is 325 g/mol. The first-order valence-corrected chi connectivity index (χ1v) is 7.67. The van der Waals surface area contributed by atoms with E-state index in [2.05, 4.69) is 35.6 Å². The number of carbonyl (C=O) groups is 1. The Labute approximate surface area is 117 Å². The van der Waals surface area contributed by atoms with E-state index in [-0.39, 0.29) is 5.91 Å². The third kappa shape index (κ3) is 3.21. The van der Waals surface area contributed by atoms with Crippen LogP contribution in [0.1, 0.15) is 35.7 Å². The van der Waals surface area contributed by atoms with Gasteiger partial charge in [-0.1, -0.05) is 41.6 Å². The van der Waals surface area contributed by atoms with Crippen molar-refractivity contribution in [1.29, 1.82) is 0 Å². The number of carbonyl (C=O) groups excluding carboxylic acids is 1. The molecule has 0 bridgehead atoms. The Kier molecular flexibility index (Phi) is 4.42. The predicted octanol–water partition coefficient (Wildman–Crippen LogP) is 3.49. The topological polar surface area (TPSA) is 20.3 Å². The minimum atomic E-state index is 0.198. The zero-order valence-electron chi connectivity index (χ0n) is 10.2. The molecule has 0 saturated carbocycles. The Morgan fingerprint density at radius 1 is 1.41 bits per heavy atom. The number of amides is 1. The maximum Gasteiger partial charge on any atom is 0.253 e. The molecule has 0 radical (unpaired) electrons. The van der Waals surface area contributed by atoms with Crippen molar-refractivity contribution >= 4 is 28.5 Å². The zero-order chi connectivity index (χ0) is 12.3. The van der Waals surface area contributed by atoms with E-state index in [1.54, 1.807) is 0 Å². The van der Waals surface area contributed by atoms with E-state index in [0.29, 0.717) is 0 Å². The van der Waals surface area contributed by atoms with Crippen LogP contribution in [0.15, 0.2) is 24.3 Å². The first-order chi connectivity index (χ1) is 8.20. The molecule has 0 unspecified atom stereocenters. The molecule has 0 spiro atoms. The Bertz CT molecular complexity index is 397. The molecule has 0 atom stereocenters. The van der Waals surface area contributed by atoms with Gasteiger partial charge >= 0.3 is 0 Å². The molecule has 2 rings (SSSR count). The monoisotopic (exact) mass is 343 g/mol. The summed E-state index contributed by atoms with van der Waals surface area (Å²) in [5.41, 5.74) is 2.07. The average Bonchev–Trinajstić information content (AvgIpc) is 2.39. The molecule has 1 saturated heterocycles. The second-order valence-electron chi connectivity index (χ2n) is 4.81. The number of piperidine rings is 1. The number of halogens is 1. The third-order valence-electron chi connectivity index (χ3n) is 3.40. The van der Waals surface area contributed by atoms with Gasteiger partial charge in [-0.2, -0.15) is 0 Å². The minimum absolute atomic E-state index is 0.198. The largest absolute Gasteiger partial charge is 0.339 e. The van der Waals surface area contributed by atoms with Crippen LogP contribution in [0.2, 0.25) is 0 Å². The Morgan fingerprint density at radius 3 is 2.76 bits per heavy atom. The van der Waals surface area contributed by atoms with Crippen molar-refractivity contribution in [1.82, 2.24) is 4.90 Å². The lowest BCUT2D eigenvalue weighted by Crippen LogP contribution is -2.37. The molecule has 1 aliphatic rings. The fraction of sp³-hybridized carbons (Fsp3) is 0.500. The highest BCUT2D eigenvalue weighted by Crippen LogP contribution is 2.19. The van der Waals surface area contributed by atoms with E-state index in [4.69, 9.17) is 0 Å². The fourth-order valence-corrected chi connectivity index (χ4v) is 2.66. The van der Waals surface area contributed by atoms with Crippen LogP contribution in [0.3, 0.4) is 0 Å². The number of hydrogen-bond donors (Lipinski definition) is 0. The molecule has 3 heteroatoms. The van der Waals surface area contributed by atoms with Crippen LogP contribution >= 0.6 is 22.6 Å². The first kappa shape index (κ1) is 12.9. The lowest BCUT2D eigenvalue weighted by Gasteiger charge is -2.30. The second kappa shape index (κ2) is 5.85. The summed E-state index contributed by atoms with van der Waals surface area (Å²) in [5.74, 6) is 0.961. The minimum Gasteiger partial charge on any atom is -0.339 e. The molecule has 2 nitrogen and oxygen atoms in total. The van der Waals surface area contributed by atoms with Crippen molar-refractivity contribution in [2.45, 2.75) is 24.2 Å². The number of nitrogens with zero attached hydrogens (tertiary/aromatic N) is 1. The summed E-state index contributed by atoms with van der Waals surface area (Å²) in [6.45, 7) is 4.08. The smallest absolute Gasteiger partial charge is 0.253 e. The van der Waals surface area contributed by atoms with Gasteiger partial charge in [0, 0.05) is 23.1 Å². The van der Waals surface area contributed by atoms with Gasteiger partial charge in [0.2, 0.25) is 0 Å². The summed E-state index contributed by atoms with van der Waals surface area (Å²) in [4.78, 5) is 14.3. The molecule has 0 N–H and O–H groups in total. The Balaban J connectivity index is 2.08. The van der Waals surface area contributed by atoms with Crippen molar-refractivity contribution in [2.24, 2.45) is 5.92 Å². The summed E-state index contributed by atoms with van der Waals surface area (Å²) in [5, 5.41) is 0. The van der Waals surface area contributed by atoms with Crippen LogP contribution < -0.4 is 0 Å². The number of rotatable bonds is 2. The van der Waals surface area contributed by atoms with Crippen LogP contribution in [0, 0.1) is 5.92 Å². The van der Waals surface area contributed by atoms with Gasteiger partial charge in [0.25, 0.3) is 5.91 Å². The summed E-state index contributed by atoms with van der Waals surface area (Å²) in [6.07, 6.45) is 2.27. The van der Waals surface area contributed by atoms with E-state index in [1.807, 2.05) is 23.1 Å². The Hall–Kier alpha value is -0.580. The molecule has 1 heterocycles. The van der Waals surface area contributed by atoms with E-state index in [0.717, 1.165) is 41.8 Å².